The lowest BCUT2D eigenvalue weighted by atomic mass is 10.2. The second-order valence-corrected chi connectivity index (χ2v) is 5.63. The van der Waals surface area contributed by atoms with Crippen LogP contribution in [0, 0.1) is 5.92 Å². The van der Waals surface area contributed by atoms with Gasteiger partial charge >= 0.3 is 0 Å². The van der Waals surface area contributed by atoms with Crippen LogP contribution in [0.5, 0.6) is 0 Å². The van der Waals surface area contributed by atoms with Gasteiger partial charge < -0.3 is 9.47 Å². The molecular weight excluding hydrogens is 230 g/mol. The lowest BCUT2D eigenvalue weighted by molar-refractivity contribution is 0.0373. The van der Waals surface area contributed by atoms with Crippen molar-refractivity contribution in [1.29, 1.82) is 0 Å². The van der Waals surface area contributed by atoms with Crippen LogP contribution in [0.4, 0.5) is 0 Å². The zero-order valence-corrected chi connectivity index (χ0v) is 11.0. The van der Waals surface area contributed by atoms with Gasteiger partial charge in [-0.2, -0.15) is 0 Å². The SMILES string of the molecule is CCCCOCCOCC(C)CS(N)(=O)=O. The maximum Gasteiger partial charge on any atom is 0.209 e. The molecule has 16 heavy (non-hydrogen) atoms. The molecule has 0 aromatic rings. The minimum atomic E-state index is -3.39. The van der Waals surface area contributed by atoms with E-state index in [1.807, 2.05) is 0 Å². The summed E-state index contributed by atoms with van der Waals surface area (Å²) in [6.07, 6.45) is 2.17. The minimum absolute atomic E-state index is 0.0380. The molecule has 0 amide bonds. The van der Waals surface area contributed by atoms with Gasteiger partial charge in [0.1, 0.15) is 0 Å². The highest BCUT2D eigenvalue weighted by Crippen LogP contribution is 1.98. The van der Waals surface area contributed by atoms with E-state index in [0.29, 0.717) is 19.8 Å². The summed E-state index contributed by atoms with van der Waals surface area (Å²) in [7, 11) is -3.39. The van der Waals surface area contributed by atoms with E-state index < -0.39 is 10.0 Å². The van der Waals surface area contributed by atoms with Gasteiger partial charge in [-0.05, 0) is 12.3 Å². The average Bonchev–Trinajstić information content (AvgIpc) is 2.13. The Morgan fingerprint density at radius 3 is 2.38 bits per heavy atom. The molecule has 98 valence electrons. The number of primary sulfonamides is 1. The number of rotatable bonds is 10. The van der Waals surface area contributed by atoms with Crippen LogP contribution in [-0.2, 0) is 19.5 Å². The Hall–Kier alpha value is -0.170. The van der Waals surface area contributed by atoms with Crippen molar-refractivity contribution < 1.29 is 17.9 Å². The molecule has 0 aliphatic rings. The molecule has 0 aliphatic heterocycles. The number of sulfonamides is 1. The van der Waals surface area contributed by atoms with Crippen molar-refractivity contribution in [3.63, 3.8) is 0 Å². The van der Waals surface area contributed by atoms with Crippen molar-refractivity contribution in [2.24, 2.45) is 11.1 Å². The Balaban J connectivity index is 3.31. The maximum absolute atomic E-state index is 10.7. The fraction of sp³-hybridized carbons (Fsp3) is 1.00. The summed E-state index contributed by atoms with van der Waals surface area (Å²) in [5, 5.41) is 4.91. The summed E-state index contributed by atoms with van der Waals surface area (Å²) in [4.78, 5) is 0. The topological polar surface area (TPSA) is 78.6 Å². The molecule has 2 N–H and O–H groups in total. The Morgan fingerprint density at radius 1 is 1.19 bits per heavy atom. The molecule has 1 unspecified atom stereocenters. The third-order valence-corrected chi connectivity index (χ3v) is 2.97. The Morgan fingerprint density at radius 2 is 1.81 bits per heavy atom. The van der Waals surface area contributed by atoms with Crippen molar-refractivity contribution in [3.8, 4) is 0 Å². The van der Waals surface area contributed by atoms with Crippen molar-refractivity contribution in [2.75, 3.05) is 32.2 Å². The second-order valence-electron chi connectivity index (χ2n) is 3.98. The molecule has 6 heteroatoms. The summed E-state index contributed by atoms with van der Waals surface area (Å²) in [6.45, 7) is 6.11. The van der Waals surface area contributed by atoms with Crippen LogP contribution in [0.15, 0.2) is 0 Å². The first-order chi connectivity index (χ1) is 7.45. The van der Waals surface area contributed by atoms with Gasteiger partial charge in [0.05, 0.1) is 25.6 Å². The van der Waals surface area contributed by atoms with Crippen molar-refractivity contribution in [2.45, 2.75) is 26.7 Å². The lowest BCUT2D eigenvalue weighted by Crippen LogP contribution is -2.24. The number of unbranched alkanes of at least 4 members (excludes halogenated alkanes) is 1. The van der Waals surface area contributed by atoms with Crippen LogP contribution in [0.25, 0.3) is 0 Å². The Kier molecular flexibility index (Phi) is 8.83. The molecule has 1 atom stereocenters. The average molecular weight is 253 g/mol. The molecule has 0 radical (unpaired) electrons. The first-order valence-corrected chi connectivity index (χ1v) is 7.33. The Bertz CT molecular complexity index is 254. The molecule has 0 aliphatic carbocycles. The standard InChI is InChI=1S/C10H23NO4S/c1-3-4-5-14-6-7-15-8-10(2)9-16(11,12)13/h10H,3-9H2,1-2H3,(H2,11,12,13). The number of nitrogens with two attached hydrogens (primary N) is 1. The largest absolute Gasteiger partial charge is 0.379 e. The van der Waals surface area contributed by atoms with Gasteiger partial charge in [-0.1, -0.05) is 20.3 Å². The van der Waals surface area contributed by atoms with Crippen molar-refractivity contribution in [3.05, 3.63) is 0 Å². The number of hydrogen-bond donors (Lipinski definition) is 1. The van der Waals surface area contributed by atoms with Crippen molar-refractivity contribution in [1.82, 2.24) is 0 Å². The predicted molar refractivity (Wildman–Crippen MR) is 63.7 cm³/mol. The molecule has 0 rings (SSSR count). The molecule has 0 spiro atoms. The van der Waals surface area contributed by atoms with Gasteiger partial charge in [-0.3, -0.25) is 0 Å². The molecule has 0 fully saturated rings. The zero-order valence-electron chi connectivity index (χ0n) is 10.1. The van der Waals surface area contributed by atoms with E-state index in [1.165, 1.54) is 0 Å². The fourth-order valence-corrected chi connectivity index (χ4v) is 2.08. The maximum atomic E-state index is 10.7. The summed E-state index contributed by atoms with van der Waals surface area (Å²) in [5.74, 6) is -0.116. The van der Waals surface area contributed by atoms with E-state index in [0.717, 1.165) is 19.4 Å². The third kappa shape index (κ3) is 11.9. The van der Waals surface area contributed by atoms with Crippen LogP contribution in [0.1, 0.15) is 26.7 Å². The molecule has 0 bridgehead atoms. The summed E-state index contributed by atoms with van der Waals surface area (Å²) in [6, 6.07) is 0. The van der Waals surface area contributed by atoms with E-state index >= 15 is 0 Å². The van der Waals surface area contributed by atoms with Crippen LogP contribution < -0.4 is 5.14 Å². The first-order valence-electron chi connectivity index (χ1n) is 5.61. The van der Waals surface area contributed by atoms with Gasteiger partial charge in [0.25, 0.3) is 0 Å². The van der Waals surface area contributed by atoms with Gasteiger partial charge in [0, 0.05) is 6.61 Å². The molecule has 0 saturated heterocycles. The van der Waals surface area contributed by atoms with E-state index in [9.17, 15) is 8.42 Å². The van der Waals surface area contributed by atoms with Crippen LogP contribution >= 0.6 is 0 Å². The molecule has 0 heterocycles. The summed E-state index contributed by atoms with van der Waals surface area (Å²) in [5.41, 5.74) is 0. The van der Waals surface area contributed by atoms with Crippen LogP contribution in [-0.4, -0.2) is 40.6 Å². The third-order valence-electron chi connectivity index (χ3n) is 1.93. The number of ether oxygens (including phenoxy) is 2. The smallest absolute Gasteiger partial charge is 0.209 e. The molecule has 5 nitrogen and oxygen atoms in total. The fourth-order valence-electron chi connectivity index (χ4n) is 1.20. The summed E-state index contributed by atoms with van der Waals surface area (Å²) >= 11 is 0. The highest BCUT2D eigenvalue weighted by Gasteiger charge is 2.10. The second kappa shape index (κ2) is 8.92. The van der Waals surface area contributed by atoms with E-state index in [4.69, 9.17) is 14.6 Å². The van der Waals surface area contributed by atoms with Crippen molar-refractivity contribution >= 4 is 10.0 Å². The van der Waals surface area contributed by atoms with Gasteiger partial charge in [0.2, 0.25) is 10.0 Å². The predicted octanol–water partition coefficient (Wildman–Crippen LogP) is 0.744. The molecule has 0 saturated carbocycles. The van der Waals surface area contributed by atoms with Gasteiger partial charge in [0.15, 0.2) is 0 Å². The molecular formula is C10H23NO4S. The van der Waals surface area contributed by atoms with E-state index in [1.54, 1.807) is 6.92 Å². The van der Waals surface area contributed by atoms with Gasteiger partial charge in [-0.25, -0.2) is 13.6 Å². The molecule has 0 aromatic carbocycles. The first kappa shape index (κ1) is 15.8. The normalized spacial score (nSPS) is 13.9. The lowest BCUT2D eigenvalue weighted by Gasteiger charge is -2.10. The number of hydrogen-bond acceptors (Lipinski definition) is 4. The van der Waals surface area contributed by atoms with Crippen LogP contribution in [0.3, 0.4) is 0 Å². The highest BCUT2D eigenvalue weighted by atomic mass is 32.2. The zero-order chi connectivity index (χ0) is 12.4. The monoisotopic (exact) mass is 253 g/mol. The van der Waals surface area contributed by atoms with E-state index in [2.05, 4.69) is 6.92 Å². The van der Waals surface area contributed by atoms with Gasteiger partial charge in [-0.15, -0.1) is 0 Å². The quantitative estimate of drug-likeness (QED) is 0.583. The highest BCUT2D eigenvalue weighted by molar-refractivity contribution is 7.89. The minimum Gasteiger partial charge on any atom is -0.379 e. The van der Waals surface area contributed by atoms with Crippen LogP contribution in [0.2, 0.25) is 0 Å². The summed E-state index contributed by atoms with van der Waals surface area (Å²) < 4.78 is 32.1. The molecule has 0 aromatic heterocycles. The van der Waals surface area contributed by atoms with E-state index in [-0.39, 0.29) is 11.7 Å². The Labute approximate surface area is 98.4 Å².